The molecule has 1 heterocycles. The van der Waals surface area contributed by atoms with E-state index >= 15 is 0 Å². The molecule has 0 saturated carbocycles. The number of hydrogen-bond donors (Lipinski definition) is 2. The Morgan fingerprint density at radius 2 is 1.31 bits per heavy atom. The zero-order valence-electron chi connectivity index (χ0n) is 18.3. The standard InChI is InChI=1S/C27H28N2O2S/c1-18(2)17-22-25(30)29-27(26(31)28-22)32-23-16-10-9-15-21(23)24(19-11-5-3-6-12-19)20-13-7-4-8-14-20/h3-16,18,22,24,27H,17H2,1-2H3,(H,28,31)(H,29,30). The Hall–Kier alpha value is -3.05. The second kappa shape index (κ2) is 10.0. The number of benzene rings is 3. The van der Waals surface area contributed by atoms with Crippen molar-refractivity contribution in [2.75, 3.05) is 0 Å². The van der Waals surface area contributed by atoms with Crippen molar-refractivity contribution < 1.29 is 9.59 Å². The fourth-order valence-electron chi connectivity index (χ4n) is 4.12. The van der Waals surface area contributed by atoms with Crippen LogP contribution in [0.25, 0.3) is 0 Å². The summed E-state index contributed by atoms with van der Waals surface area (Å²) in [5.41, 5.74) is 3.48. The first-order valence-electron chi connectivity index (χ1n) is 11.0. The molecule has 1 aliphatic rings. The SMILES string of the molecule is CC(C)CC1NC(=O)C(Sc2ccccc2C(c2ccccc2)c2ccccc2)NC1=O. The number of rotatable bonds is 7. The van der Waals surface area contributed by atoms with Gasteiger partial charge >= 0.3 is 0 Å². The van der Waals surface area contributed by atoms with Gasteiger partial charge in [0.1, 0.15) is 6.04 Å². The number of carbonyl (C=O) groups is 2. The van der Waals surface area contributed by atoms with E-state index in [4.69, 9.17) is 0 Å². The van der Waals surface area contributed by atoms with Crippen LogP contribution in [-0.4, -0.2) is 23.2 Å². The third-order valence-corrected chi connectivity index (χ3v) is 6.79. The van der Waals surface area contributed by atoms with Crippen molar-refractivity contribution in [1.82, 2.24) is 10.6 Å². The van der Waals surface area contributed by atoms with Crippen LogP contribution in [0, 0.1) is 5.92 Å². The second-order valence-corrected chi connectivity index (χ2v) is 9.64. The monoisotopic (exact) mass is 444 g/mol. The highest BCUT2D eigenvalue weighted by Gasteiger charge is 2.35. The highest BCUT2D eigenvalue weighted by molar-refractivity contribution is 8.00. The molecule has 3 aromatic carbocycles. The lowest BCUT2D eigenvalue weighted by Gasteiger charge is -2.31. The summed E-state index contributed by atoms with van der Waals surface area (Å²) in [7, 11) is 0. The van der Waals surface area contributed by atoms with Gasteiger partial charge in [0, 0.05) is 10.8 Å². The van der Waals surface area contributed by atoms with Gasteiger partial charge in [-0.1, -0.05) is 104 Å². The topological polar surface area (TPSA) is 58.2 Å². The third kappa shape index (κ3) is 5.05. The number of thioether (sulfide) groups is 1. The molecular weight excluding hydrogens is 416 g/mol. The van der Waals surface area contributed by atoms with Gasteiger partial charge in [0.05, 0.1) is 0 Å². The summed E-state index contributed by atoms with van der Waals surface area (Å²) in [5.74, 6) is 0.0904. The molecule has 0 spiro atoms. The lowest BCUT2D eigenvalue weighted by molar-refractivity contribution is -0.134. The largest absolute Gasteiger partial charge is 0.342 e. The molecule has 0 aliphatic carbocycles. The van der Waals surface area contributed by atoms with E-state index in [1.54, 1.807) is 0 Å². The van der Waals surface area contributed by atoms with Crippen LogP contribution in [0.1, 0.15) is 42.9 Å². The van der Waals surface area contributed by atoms with E-state index in [0.29, 0.717) is 12.3 Å². The summed E-state index contributed by atoms with van der Waals surface area (Å²) >= 11 is 1.40. The fourth-order valence-corrected chi connectivity index (χ4v) is 5.21. The number of amides is 2. The number of carbonyl (C=O) groups excluding carboxylic acids is 2. The number of nitrogens with one attached hydrogen (secondary N) is 2. The molecule has 2 amide bonds. The summed E-state index contributed by atoms with van der Waals surface area (Å²) < 4.78 is 0. The summed E-state index contributed by atoms with van der Waals surface area (Å²) in [6.07, 6.45) is 0.635. The summed E-state index contributed by atoms with van der Waals surface area (Å²) in [6, 6.07) is 28.4. The van der Waals surface area contributed by atoms with Crippen LogP contribution in [0.3, 0.4) is 0 Å². The van der Waals surface area contributed by atoms with Gasteiger partial charge in [-0.15, -0.1) is 0 Å². The predicted octanol–water partition coefficient (Wildman–Crippen LogP) is 4.95. The normalized spacial score (nSPS) is 18.5. The van der Waals surface area contributed by atoms with Crippen LogP contribution in [0.4, 0.5) is 0 Å². The lowest BCUT2D eigenvalue weighted by atomic mass is 9.85. The maximum atomic E-state index is 12.8. The molecule has 32 heavy (non-hydrogen) atoms. The molecule has 1 fully saturated rings. The average Bonchev–Trinajstić information content (AvgIpc) is 2.79. The van der Waals surface area contributed by atoms with Crippen molar-refractivity contribution in [3.63, 3.8) is 0 Å². The minimum absolute atomic E-state index is 0.0251. The Balaban J connectivity index is 1.65. The first-order chi connectivity index (χ1) is 15.5. The number of hydrogen-bond acceptors (Lipinski definition) is 3. The molecule has 164 valence electrons. The molecule has 2 atom stereocenters. The van der Waals surface area contributed by atoms with Gasteiger partial charge in [0.15, 0.2) is 5.37 Å². The van der Waals surface area contributed by atoms with Crippen LogP contribution in [0.2, 0.25) is 0 Å². The van der Waals surface area contributed by atoms with Crippen molar-refractivity contribution in [2.45, 2.75) is 42.5 Å². The van der Waals surface area contributed by atoms with Crippen molar-refractivity contribution in [3.8, 4) is 0 Å². The maximum Gasteiger partial charge on any atom is 0.254 e. The van der Waals surface area contributed by atoms with Crippen molar-refractivity contribution in [3.05, 3.63) is 102 Å². The van der Waals surface area contributed by atoms with Gasteiger partial charge in [0.2, 0.25) is 5.91 Å². The van der Waals surface area contributed by atoms with Gasteiger partial charge in [-0.05, 0) is 35.1 Å². The van der Waals surface area contributed by atoms with Crippen LogP contribution >= 0.6 is 11.8 Å². The van der Waals surface area contributed by atoms with Crippen molar-refractivity contribution >= 4 is 23.6 Å². The molecule has 0 bridgehead atoms. The smallest absolute Gasteiger partial charge is 0.254 e. The Labute approximate surface area is 193 Å². The Morgan fingerprint density at radius 1 is 0.750 bits per heavy atom. The maximum absolute atomic E-state index is 12.8. The molecule has 4 nitrogen and oxygen atoms in total. The van der Waals surface area contributed by atoms with E-state index < -0.39 is 11.4 Å². The quantitative estimate of drug-likeness (QED) is 0.507. The zero-order chi connectivity index (χ0) is 22.5. The van der Waals surface area contributed by atoms with Crippen LogP contribution in [0.15, 0.2) is 89.8 Å². The van der Waals surface area contributed by atoms with E-state index in [2.05, 4.69) is 41.0 Å². The molecule has 1 saturated heterocycles. The molecule has 0 aromatic heterocycles. The van der Waals surface area contributed by atoms with Gasteiger partial charge in [0.25, 0.3) is 5.91 Å². The van der Waals surface area contributed by atoms with Gasteiger partial charge in [-0.3, -0.25) is 9.59 Å². The minimum Gasteiger partial charge on any atom is -0.342 e. The predicted molar refractivity (Wildman–Crippen MR) is 129 cm³/mol. The Bertz CT molecular complexity index is 1030. The van der Waals surface area contributed by atoms with E-state index in [1.807, 2.05) is 68.4 Å². The summed E-state index contributed by atoms with van der Waals surface area (Å²) in [5, 5.41) is 5.18. The van der Waals surface area contributed by atoms with Crippen LogP contribution < -0.4 is 10.6 Å². The minimum atomic E-state index is -0.653. The van der Waals surface area contributed by atoms with Crippen molar-refractivity contribution in [2.24, 2.45) is 5.92 Å². The molecule has 1 aliphatic heterocycles. The van der Waals surface area contributed by atoms with Crippen molar-refractivity contribution in [1.29, 1.82) is 0 Å². The molecule has 2 unspecified atom stereocenters. The first-order valence-corrected chi connectivity index (χ1v) is 11.9. The Morgan fingerprint density at radius 3 is 1.91 bits per heavy atom. The van der Waals surface area contributed by atoms with E-state index in [9.17, 15) is 9.59 Å². The molecule has 2 N–H and O–H groups in total. The molecule has 0 radical (unpaired) electrons. The Kier molecular flexibility index (Phi) is 6.96. The number of piperazine rings is 1. The third-order valence-electron chi connectivity index (χ3n) is 5.59. The second-order valence-electron chi connectivity index (χ2n) is 8.49. The molecule has 3 aromatic rings. The summed E-state index contributed by atoms with van der Waals surface area (Å²) in [4.78, 5) is 26.4. The first kappa shape index (κ1) is 22.2. The lowest BCUT2D eigenvalue weighted by Crippen LogP contribution is -2.60. The van der Waals surface area contributed by atoms with E-state index in [-0.39, 0.29) is 17.7 Å². The van der Waals surface area contributed by atoms with Gasteiger partial charge in [-0.25, -0.2) is 0 Å². The van der Waals surface area contributed by atoms with E-state index in [0.717, 1.165) is 10.5 Å². The molecule has 5 heteroatoms. The highest BCUT2D eigenvalue weighted by atomic mass is 32.2. The van der Waals surface area contributed by atoms with E-state index in [1.165, 1.54) is 22.9 Å². The molecule has 4 rings (SSSR count). The van der Waals surface area contributed by atoms with Crippen LogP contribution in [-0.2, 0) is 9.59 Å². The van der Waals surface area contributed by atoms with Gasteiger partial charge in [-0.2, -0.15) is 0 Å². The highest BCUT2D eigenvalue weighted by Crippen LogP contribution is 2.38. The zero-order valence-corrected chi connectivity index (χ0v) is 19.1. The fraction of sp³-hybridized carbons (Fsp3) is 0.259. The summed E-state index contributed by atoms with van der Waals surface area (Å²) in [6.45, 7) is 4.09. The molecular formula is C27H28N2O2S. The van der Waals surface area contributed by atoms with Crippen LogP contribution in [0.5, 0.6) is 0 Å². The van der Waals surface area contributed by atoms with Gasteiger partial charge < -0.3 is 10.6 Å². The average molecular weight is 445 g/mol.